The standard InChI is InChI=1S/C10H19I/c1-3-5-7-9-10(11)8-6-4-2/h9H,3-8H2,1-2H3. The van der Waals surface area contributed by atoms with E-state index in [-0.39, 0.29) is 0 Å². The molecule has 0 aromatic heterocycles. The van der Waals surface area contributed by atoms with Gasteiger partial charge in [0.2, 0.25) is 0 Å². The first-order chi connectivity index (χ1) is 5.31. The van der Waals surface area contributed by atoms with Gasteiger partial charge in [0.1, 0.15) is 0 Å². The van der Waals surface area contributed by atoms with E-state index in [1.807, 2.05) is 0 Å². The number of unbranched alkanes of at least 4 members (excludes halogenated alkanes) is 3. The predicted molar refractivity (Wildman–Crippen MR) is 61.2 cm³/mol. The predicted octanol–water partition coefficient (Wildman–Crippen LogP) is 4.69. The smallest absolute Gasteiger partial charge is 0.0134 e. The van der Waals surface area contributed by atoms with E-state index in [4.69, 9.17) is 0 Å². The van der Waals surface area contributed by atoms with E-state index in [2.05, 4.69) is 42.5 Å². The fourth-order valence-electron chi connectivity index (χ4n) is 0.911. The number of allylic oxidation sites excluding steroid dienone is 2. The third-order valence-electron chi connectivity index (χ3n) is 1.69. The molecule has 0 N–H and O–H groups in total. The van der Waals surface area contributed by atoms with Gasteiger partial charge in [-0.05, 0) is 45.4 Å². The van der Waals surface area contributed by atoms with Crippen LogP contribution in [-0.2, 0) is 0 Å². The van der Waals surface area contributed by atoms with Gasteiger partial charge in [-0.1, -0.05) is 39.2 Å². The molecule has 0 rings (SSSR count). The lowest BCUT2D eigenvalue weighted by atomic mass is 10.2. The maximum atomic E-state index is 2.47. The molecule has 0 fully saturated rings. The Morgan fingerprint density at radius 2 is 1.82 bits per heavy atom. The highest BCUT2D eigenvalue weighted by atomic mass is 127. The summed E-state index contributed by atoms with van der Waals surface area (Å²) in [4.78, 5) is 0. The van der Waals surface area contributed by atoms with Crippen molar-refractivity contribution in [3.05, 3.63) is 9.66 Å². The minimum Gasteiger partial charge on any atom is -0.0752 e. The zero-order valence-electron chi connectivity index (χ0n) is 7.70. The summed E-state index contributed by atoms with van der Waals surface area (Å²) in [6.45, 7) is 4.49. The van der Waals surface area contributed by atoms with E-state index in [9.17, 15) is 0 Å². The highest BCUT2D eigenvalue weighted by molar-refractivity contribution is 14.1. The molecule has 11 heavy (non-hydrogen) atoms. The molecule has 1 heteroatoms. The molecular weight excluding hydrogens is 247 g/mol. The van der Waals surface area contributed by atoms with Gasteiger partial charge in [-0.15, -0.1) is 0 Å². The van der Waals surface area contributed by atoms with Crippen LogP contribution in [-0.4, -0.2) is 0 Å². The summed E-state index contributed by atoms with van der Waals surface area (Å²) in [6, 6.07) is 0. The van der Waals surface area contributed by atoms with Crippen molar-refractivity contribution in [2.24, 2.45) is 0 Å². The van der Waals surface area contributed by atoms with Gasteiger partial charge in [-0.25, -0.2) is 0 Å². The van der Waals surface area contributed by atoms with Crippen molar-refractivity contribution < 1.29 is 0 Å². The summed E-state index contributed by atoms with van der Waals surface area (Å²) in [7, 11) is 0. The molecule has 0 saturated carbocycles. The van der Waals surface area contributed by atoms with Gasteiger partial charge in [0.05, 0.1) is 0 Å². The van der Waals surface area contributed by atoms with Crippen LogP contribution >= 0.6 is 22.6 Å². The van der Waals surface area contributed by atoms with Gasteiger partial charge in [-0.3, -0.25) is 0 Å². The Balaban J connectivity index is 3.30. The van der Waals surface area contributed by atoms with Gasteiger partial charge < -0.3 is 0 Å². The zero-order valence-corrected chi connectivity index (χ0v) is 9.86. The number of halogens is 1. The van der Waals surface area contributed by atoms with Crippen molar-refractivity contribution in [3.8, 4) is 0 Å². The van der Waals surface area contributed by atoms with Crippen LogP contribution in [0.2, 0.25) is 0 Å². The van der Waals surface area contributed by atoms with Gasteiger partial charge in [0.15, 0.2) is 0 Å². The molecule has 0 unspecified atom stereocenters. The zero-order chi connectivity index (χ0) is 8.53. The Labute approximate surface area is 84.6 Å². The molecule has 0 aliphatic heterocycles. The van der Waals surface area contributed by atoms with Crippen LogP contribution in [0.1, 0.15) is 52.4 Å². The third-order valence-corrected chi connectivity index (χ3v) is 2.67. The second-order valence-corrected chi connectivity index (χ2v) is 4.28. The summed E-state index contributed by atoms with van der Waals surface area (Å²) in [5.74, 6) is 0. The molecule has 0 saturated heterocycles. The summed E-state index contributed by atoms with van der Waals surface area (Å²) in [5.41, 5.74) is 0. The monoisotopic (exact) mass is 266 g/mol. The van der Waals surface area contributed by atoms with Crippen LogP contribution in [0.25, 0.3) is 0 Å². The van der Waals surface area contributed by atoms with Crippen molar-refractivity contribution in [1.82, 2.24) is 0 Å². The van der Waals surface area contributed by atoms with Crippen LogP contribution in [0.4, 0.5) is 0 Å². The Kier molecular flexibility index (Phi) is 8.93. The van der Waals surface area contributed by atoms with E-state index < -0.39 is 0 Å². The van der Waals surface area contributed by atoms with Crippen LogP contribution < -0.4 is 0 Å². The Hall–Kier alpha value is 0.470. The topological polar surface area (TPSA) is 0 Å². The van der Waals surface area contributed by atoms with Crippen molar-refractivity contribution in [3.63, 3.8) is 0 Å². The minimum absolute atomic E-state index is 1.28. The molecule has 0 aromatic carbocycles. The molecule has 0 aliphatic carbocycles. The molecule has 0 atom stereocenters. The molecule has 0 aliphatic rings. The van der Waals surface area contributed by atoms with E-state index in [0.717, 1.165) is 0 Å². The number of hydrogen-bond acceptors (Lipinski definition) is 0. The van der Waals surface area contributed by atoms with Crippen LogP contribution in [0.3, 0.4) is 0 Å². The molecule has 0 bridgehead atoms. The summed E-state index contributed by atoms with van der Waals surface area (Å²) >= 11 is 2.47. The Bertz CT molecular complexity index is 105. The third kappa shape index (κ3) is 8.38. The highest BCUT2D eigenvalue weighted by Gasteiger charge is 1.89. The average Bonchev–Trinajstić information content (AvgIpc) is 2.01. The Morgan fingerprint density at radius 1 is 1.18 bits per heavy atom. The van der Waals surface area contributed by atoms with Gasteiger partial charge >= 0.3 is 0 Å². The lowest BCUT2D eigenvalue weighted by molar-refractivity contribution is 0.790. The summed E-state index contributed by atoms with van der Waals surface area (Å²) in [5, 5.41) is 0. The summed E-state index contributed by atoms with van der Waals surface area (Å²) < 4.78 is 1.55. The minimum atomic E-state index is 1.28. The number of hydrogen-bond donors (Lipinski definition) is 0. The second kappa shape index (κ2) is 8.57. The fourth-order valence-corrected chi connectivity index (χ4v) is 1.60. The quantitative estimate of drug-likeness (QED) is 0.483. The van der Waals surface area contributed by atoms with Gasteiger partial charge in [-0.2, -0.15) is 0 Å². The Morgan fingerprint density at radius 3 is 2.36 bits per heavy atom. The van der Waals surface area contributed by atoms with Crippen molar-refractivity contribution >= 4 is 22.6 Å². The molecule has 0 nitrogen and oxygen atoms in total. The molecule has 0 aromatic rings. The van der Waals surface area contributed by atoms with Crippen molar-refractivity contribution in [2.45, 2.75) is 52.4 Å². The molecule has 0 spiro atoms. The first-order valence-corrected chi connectivity index (χ1v) is 5.73. The van der Waals surface area contributed by atoms with Crippen LogP contribution in [0, 0.1) is 0 Å². The van der Waals surface area contributed by atoms with Crippen LogP contribution in [0.5, 0.6) is 0 Å². The van der Waals surface area contributed by atoms with E-state index >= 15 is 0 Å². The largest absolute Gasteiger partial charge is 0.0752 e. The maximum absolute atomic E-state index is 2.47. The normalized spacial score (nSPS) is 12.1. The van der Waals surface area contributed by atoms with Gasteiger partial charge in [0.25, 0.3) is 0 Å². The average molecular weight is 266 g/mol. The first-order valence-electron chi connectivity index (χ1n) is 4.65. The molecule has 0 radical (unpaired) electrons. The maximum Gasteiger partial charge on any atom is -0.0134 e. The highest BCUT2D eigenvalue weighted by Crippen LogP contribution is 2.16. The van der Waals surface area contributed by atoms with E-state index in [0.29, 0.717) is 0 Å². The molecule has 0 amide bonds. The SMILES string of the molecule is CCCCC=C(I)CCCC. The van der Waals surface area contributed by atoms with Crippen molar-refractivity contribution in [1.29, 1.82) is 0 Å². The lowest BCUT2D eigenvalue weighted by Gasteiger charge is -1.96. The van der Waals surface area contributed by atoms with Gasteiger partial charge in [0, 0.05) is 0 Å². The number of rotatable bonds is 6. The lowest BCUT2D eigenvalue weighted by Crippen LogP contribution is -1.74. The second-order valence-electron chi connectivity index (χ2n) is 2.90. The fraction of sp³-hybridized carbons (Fsp3) is 0.800. The molecular formula is C10H19I. The van der Waals surface area contributed by atoms with Crippen LogP contribution in [0.15, 0.2) is 9.66 Å². The summed E-state index contributed by atoms with van der Waals surface area (Å²) in [6.07, 6.45) is 10.3. The molecule has 66 valence electrons. The molecule has 0 heterocycles. The van der Waals surface area contributed by atoms with Crippen molar-refractivity contribution in [2.75, 3.05) is 0 Å². The van der Waals surface area contributed by atoms with E-state index in [1.54, 1.807) is 3.58 Å². The van der Waals surface area contributed by atoms with E-state index in [1.165, 1.54) is 38.5 Å². The first kappa shape index (κ1) is 11.5.